The molecule has 64 valence electrons. The summed E-state index contributed by atoms with van der Waals surface area (Å²) in [6.45, 7) is 0. The van der Waals surface area contributed by atoms with Gasteiger partial charge in [0.05, 0.1) is 6.42 Å². The zero-order chi connectivity index (χ0) is 9.14. The molecule has 0 saturated carbocycles. The molecule has 0 bridgehead atoms. The Bertz CT molecular complexity index is 306. The highest BCUT2D eigenvalue weighted by Crippen LogP contribution is 2.28. The minimum Gasteiger partial charge on any atom is -0.504 e. The Morgan fingerprint density at radius 2 is 2.00 bits per heavy atom. The first-order valence-corrected chi connectivity index (χ1v) is 3.33. The molecule has 1 aromatic carbocycles. The van der Waals surface area contributed by atoms with Crippen molar-refractivity contribution >= 4 is 5.97 Å². The van der Waals surface area contributed by atoms with Gasteiger partial charge in [-0.3, -0.25) is 4.79 Å². The van der Waals surface area contributed by atoms with Crippen LogP contribution in [0.15, 0.2) is 18.2 Å². The molecule has 1 rings (SSSR count). The Kier molecular flexibility index (Phi) is 2.19. The number of carboxylic acid groups (broad SMARTS) is 1. The van der Waals surface area contributed by atoms with Crippen molar-refractivity contribution in [3.8, 4) is 11.5 Å². The van der Waals surface area contributed by atoms with E-state index in [1.165, 1.54) is 18.2 Å². The van der Waals surface area contributed by atoms with E-state index in [0.717, 1.165) is 0 Å². The summed E-state index contributed by atoms with van der Waals surface area (Å²) in [4.78, 5) is 10.2. The Hall–Kier alpha value is -1.71. The van der Waals surface area contributed by atoms with Crippen molar-refractivity contribution in [2.45, 2.75) is 6.42 Å². The fraction of sp³-hybridized carbons (Fsp3) is 0.125. The van der Waals surface area contributed by atoms with Crippen LogP contribution < -0.4 is 0 Å². The first-order valence-electron chi connectivity index (χ1n) is 3.33. The predicted molar refractivity (Wildman–Crippen MR) is 41.1 cm³/mol. The van der Waals surface area contributed by atoms with Gasteiger partial charge < -0.3 is 15.3 Å². The minimum absolute atomic E-state index is 0.211. The van der Waals surface area contributed by atoms with Crippen molar-refractivity contribution in [2.24, 2.45) is 0 Å². The van der Waals surface area contributed by atoms with Gasteiger partial charge in [-0.25, -0.2) is 0 Å². The van der Waals surface area contributed by atoms with E-state index in [4.69, 9.17) is 15.3 Å². The number of rotatable bonds is 2. The van der Waals surface area contributed by atoms with Crippen molar-refractivity contribution in [2.75, 3.05) is 0 Å². The highest BCUT2D eigenvalue weighted by Gasteiger charge is 2.08. The van der Waals surface area contributed by atoms with Gasteiger partial charge in [-0.15, -0.1) is 0 Å². The number of hydrogen-bond acceptors (Lipinski definition) is 3. The molecule has 0 heterocycles. The van der Waals surface area contributed by atoms with Crippen LogP contribution in [-0.4, -0.2) is 21.3 Å². The van der Waals surface area contributed by atoms with Crippen molar-refractivity contribution in [3.63, 3.8) is 0 Å². The minimum atomic E-state index is -1.05. The number of phenols is 2. The fourth-order valence-electron chi connectivity index (χ4n) is 0.883. The monoisotopic (exact) mass is 168 g/mol. The number of carbonyl (C=O) groups is 1. The molecule has 0 aromatic heterocycles. The molecule has 0 aliphatic carbocycles. The molecule has 0 aliphatic rings. The average molecular weight is 168 g/mol. The number of aromatic hydroxyl groups is 2. The maximum absolute atomic E-state index is 10.2. The van der Waals surface area contributed by atoms with Crippen LogP contribution in [0, 0.1) is 0 Å². The van der Waals surface area contributed by atoms with E-state index in [0.29, 0.717) is 0 Å². The first-order chi connectivity index (χ1) is 5.61. The summed E-state index contributed by atoms with van der Waals surface area (Å²) in [6.07, 6.45) is -0.291. The third-order valence-corrected chi connectivity index (χ3v) is 1.44. The second kappa shape index (κ2) is 3.13. The summed E-state index contributed by atoms with van der Waals surface area (Å²) >= 11 is 0. The molecule has 4 heteroatoms. The SMILES string of the molecule is O=C(O)Cc1cccc(O)c1O. The van der Waals surface area contributed by atoms with E-state index >= 15 is 0 Å². The smallest absolute Gasteiger partial charge is 0.307 e. The van der Waals surface area contributed by atoms with Gasteiger partial charge in [0.25, 0.3) is 0 Å². The van der Waals surface area contributed by atoms with E-state index in [1.807, 2.05) is 0 Å². The number of phenolic OH excluding ortho intramolecular Hbond substituents is 2. The standard InChI is InChI=1S/C8H8O4/c9-6-3-1-2-5(8(6)12)4-7(10)11/h1-3,9,12H,4H2,(H,10,11). The zero-order valence-electron chi connectivity index (χ0n) is 6.19. The first kappa shape index (κ1) is 8.39. The summed E-state index contributed by atoms with van der Waals surface area (Å²) in [6, 6.07) is 4.22. The third-order valence-electron chi connectivity index (χ3n) is 1.44. The maximum atomic E-state index is 10.2. The number of benzene rings is 1. The molecule has 0 amide bonds. The van der Waals surface area contributed by atoms with Gasteiger partial charge in [0, 0.05) is 5.56 Å². The van der Waals surface area contributed by atoms with Crippen molar-refractivity contribution in [1.29, 1.82) is 0 Å². The average Bonchev–Trinajstić information content (AvgIpc) is 1.98. The molecule has 12 heavy (non-hydrogen) atoms. The van der Waals surface area contributed by atoms with Gasteiger partial charge in [-0.1, -0.05) is 12.1 Å². The van der Waals surface area contributed by atoms with E-state index in [1.54, 1.807) is 0 Å². The number of para-hydroxylation sites is 1. The molecule has 4 nitrogen and oxygen atoms in total. The van der Waals surface area contributed by atoms with Gasteiger partial charge in [-0.05, 0) is 6.07 Å². The lowest BCUT2D eigenvalue weighted by atomic mass is 10.1. The number of aliphatic carboxylic acids is 1. The number of carboxylic acids is 1. The van der Waals surface area contributed by atoms with E-state index < -0.39 is 5.97 Å². The Morgan fingerprint density at radius 1 is 1.33 bits per heavy atom. The van der Waals surface area contributed by atoms with Crippen LogP contribution in [0.2, 0.25) is 0 Å². The van der Waals surface area contributed by atoms with Crippen LogP contribution in [-0.2, 0) is 11.2 Å². The Morgan fingerprint density at radius 3 is 2.58 bits per heavy atom. The van der Waals surface area contributed by atoms with Crippen LogP contribution in [0.25, 0.3) is 0 Å². The molecule has 0 atom stereocenters. The summed E-state index contributed by atoms with van der Waals surface area (Å²) in [7, 11) is 0. The van der Waals surface area contributed by atoms with Crippen LogP contribution in [0.1, 0.15) is 5.56 Å². The summed E-state index contributed by atoms with van der Waals surface area (Å²) in [5.74, 6) is -1.70. The Labute approximate surface area is 68.7 Å². The van der Waals surface area contributed by atoms with Gasteiger partial charge in [0.2, 0.25) is 0 Å². The molecule has 3 N–H and O–H groups in total. The van der Waals surface area contributed by atoms with Crippen LogP contribution in [0.4, 0.5) is 0 Å². The lowest BCUT2D eigenvalue weighted by molar-refractivity contribution is -0.136. The normalized spacial score (nSPS) is 9.67. The van der Waals surface area contributed by atoms with E-state index in [9.17, 15) is 4.79 Å². The highest BCUT2D eigenvalue weighted by atomic mass is 16.4. The highest BCUT2D eigenvalue weighted by molar-refractivity contribution is 5.71. The molecular formula is C8H8O4. The second-order valence-electron chi connectivity index (χ2n) is 2.36. The Balaban J connectivity index is 3.00. The van der Waals surface area contributed by atoms with Crippen molar-refractivity contribution < 1.29 is 20.1 Å². The van der Waals surface area contributed by atoms with Gasteiger partial charge in [0.1, 0.15) is 0 Å². The van der Waals surface area contributed by atoms with Gasteiger partial charge in [-0.2, -0.15) is 0 Å². The van der Waals surface area contributed by atoms with Crippen LogP contribution in [0.3, 0.4) is 0 Å². The maximum Gasteiger partial charge on any atom is 0.307 e. The predicted octanol–water partition coefficient (Wildman–Crippen LogP) is 0.725. The molecule has 0 spiro atoms. The lowest BCUT2D eigenvalue weighted by Gasteiger charge is -2.02. The molecule has 0 unspecified atom stereocenters. The number of hydrogen-bond donors (Lipinski definition) is 3. The largest absolute Gasteiger partial charge is 0.504 e. The molecule has 0 radical (unpaired) electrons. The molecule has 0 aliphatic heterocycles. The second-order valence-corrected chi connectivity index (χ2v) is 2.36. The summed E-state index contributed by atoms with van der Waals surface area (Å²) in [5, 5.41) is 26.5. The zero-order valence-corrected chi connectivity index (χ0v) is 6.19. The van der Waals surface area contributed by atoms with Crippen molar-refractivity contribution in [1.82, 2.24) is 0 Å². The fourth-order valence-corrected chi connectivity index (χ4v) is 0.883. The molecular weight excluding hydrogens is 160 g/mol. The topological polar surface area (TPSA) is 77.8 Å². The van der Waals surface area contributed by atoms with Crippen LogP contribution in [0.5, 0.6) is 11.5 Å². The van der Waals surface area contributed by atoms with E-state index in [-0.39, 0.29) is 23.5 Å². The summed E-state index contributed by atoms with van der Waals surface area (Å²) in [5.41, 5.74) is 0.211. The summed E-state index contributed by atoms with van der Waals surface area (Å²) < 4.78 is 0. The van der Waals surface area contributed by atoms with Gasteiger partial charge >= 0.3 is 5.97 Å². The molecule has 0 saturated heterocycles. The molecule has 1 aromatic rings. The lowest BCUT2D eigenvalue weighted by Crippen LogP contribution is -1.99. The van der Waals surface area contributed by atoms with Crippen LogP contribution >= 0.6 is 0 Å². The van der Waals surface area contributed by atoms with E-state index in [2.05, 4.69) is 0 Å². The molecule has 0 fully saturated rings. The van der Waals surface area contributed by atoms with Crippen molar-refractivity contribution in [3.05, 3.63) is 23.8 Å². The quantitative estimate of drug-likeness (QED) is 0.569. The van der Waals surface area contributed by atoms with Gasteiger partial charge in [0.15, 0.2) is 11.5 Å². The third kappa shape index (κ3) is 1.66.